The fraction of sp³-hybridized carbons (Fsp3) is 0.357. The number of amides is 1. The minimum Gasteiger partial charge on any atom is -0.481 e. The van der Waals surface area contributed by atoms with E-state index >= 15 is 0 Å². The number of ether oxygens (including phenoxy) is 1. The van der Waals surface area contributed by atoms with Gasteiger partial charge in [0.05, 0.1) is 10.7 Å². The zero-order chi connectivity index (χ0) is 15.6. The summed E-state index contributed by atoms with van der Waals surface area (Å²) in [7, 11) is 0. The Kier molecular flexibility index (Phi) is 4.57. The zero-order valence-electron chi connectivity index (χ0n) is 11.6. The molecule has 0 saturated carbocycles. The van der Waals surface area contributed by atoms with Crippen molar-refractivity contribution < 1.29 is 18.7 Å². The van der Waals surface area contributed by atoms with Gasteiger partial charge in [-0.25, -0.2) is 9.82 Å². The maximum atomic E-state index is 14.1. The third-order valence-corrected chi connectivity index (χ3v) is 3.25. The molecule has 21 heavy (non-hydrogen) atoms. The van der Waals surface area contributed by atoms with Crippen LogP contribution in [0.2, 0.25) is 5.02 Å². The van der Waals surface area contributed by atoms with Gasteiger partial charge in [0.1, 0.15) is 6.61 Å². The molecule has 2 rings (SSSR count). The summed E-state index contributed by atoms with van der Waals surface area (Å²) in [6.07, 6.45) is 0.278. The lowest BCUT2D eigenvalue weighted by Gasteiger charge is -2.20. The number of nitrogens with one attached hydrogen (secondary N) is 1. The van der Waals surface area contributed by atoms with E-state index in [1.807, 2.05) is 6.92 Å². The number of hydrogen-bond acceptors (Lipinski definition) is 4. The van der Waals surface area contributed by atoms with Gasteiger partial charge >= 0.3 is 0 Å². The molecule has 1 atom stereocenters. The molecule has 112 valence electrons. The summed E-state index contributed by atoms with van der Waals surface area (Å²) in [5.74, 6) is -1.39. The Balaban J connectivity index is 2.31. The number of hydrazone groups is 1. The van der Waals surface area contributed by atoms with Crippen molar-refractivity contribution in [3.05, 3.63) is 28.5 Å². The standard InChI is InChI=1S/C14H14ClFN2O3/c1-7-3-12(20)17-18-13(7)9-4-10(15)14(11(16)5-9)21-6-8(2)19/h4-5,7H,3,6H2,1-2H3,(H,17,20). The minimum atomic E-state index is -0.675. The van der Waals surface area contributed by atoms with Gasteiger partial charge < -0.3 is 4.74 Å². The molecule has 0 spiro atoms. The normalized spacial score (nSPS) is 18.0. The van der Waals surface area contributed by atoms with E-state index < -0.39 is 5.82 Å². The van der Waals surface area contributed by atoms with Crippen LogP contribution in [0.4, 0.5) is 4.39 Å². The molecular weight excluding hydrogens is 299 g/mol. The molecule has 1 unspecified atom stereocenters. The van der Waals surface area contributed by atoms with E-state index in [0.29, 0.717) is 11.3 Å². The van der Waals surface area contributed by atoms with Crippen molar-refractivity contribution in [3.63, 3.8) is 0 Å². The molecule has 0 bridgehead atoms. The fourth-order valence-corrected chi connectivity index (χ4v) is 2.28. The number of hydrogen-bond donors (Lipinski definition) is 1. The molecule has 1 heterocycles. The molecule has 0 aromatic heterocycles. The summed E-state index contributed by atoms with van der Waals surface area (Å²) in [4.78, 5) is 22.1. The Bertz CT molecular complexity index is 608. The van der Waals surface area contributed by atoms with Crippen molar-refractivity contribution in [3.8, 4) is 5.75 Å². The molecule has 1 aromatic rings. The third kappa shape index (κ3) is 3.58. The molecular formula is C14H14ClFN2O3. The molecule has 0 saturated heterocycles. The maximum Gasteiger partial charge on any atom is 0.240 e. The predicted molar refractivity (Wildman–Crippen MR) is 76.0 cm³/mol. The predicted octanol–water partition coefficient (Wildman–Crippen LogP) is 2.31. The molecule has 1 N–H and O–H groups in total. The van der Waals surface area contributed by atoms with Gasteiger partial charge in [0.25, 0.3) is 0 Å². The largest absolute Gasteiger partial charge is 0.481 e. The number of rotatable bonds is 4. The Hall–Kier alpha value is -1.95. The first-order valence-corrected chi connectivity index (χ1v) is 6.74. The number of nitrogens with zero attached hydrogens (tertiary/aromatic N) is 1. The van der Waals surface area contributed by atoms with E-state index in [0.717, 1.165) is 0 Å². The second kappa shape index (κ2) is 6.22. The molecule has 1 aliphatic rings. The summed E-state index contributed by atoms with van der Waals surface area (Å²) < 4.78 is 19.1. The number of benzene rings is 1. The number of halogens is 2. The average Bonchev–Trinajstić information content (AvgIpc) is 2.37. The Morgan fingerprint density at radius 3 is 2.86 bits per heavy atom. The summed E-state index contributed by atoms with van der Waals surface area (Å²) >= 11 is 6.00. The van der Waals surface area contributed by atoms with Gasteiger partial charge in [0.15, 0.2) is 17.3 Å². The second-order valence-electron chi connectivity index (χ2n) is 4.90. The van der Waals surface area contributed by atoms with Crippen LogP contribution < -0.4 is 10.2 Å². The van der Waals surface area contributed by atoms with Crippen molar-refractivity contribution in [2.45, 2.75) is 20.3 Å². The van der Waals surface area contributed by atoms with Crippen molar-refractivity contribution in [1.29, 1.82) is 0 Å². The van der Waals surface area contributed by atoms with Gasteiger partial charge in [-0.05, 0) is 19.1 Å². The lowest BCUT2D eigenvalue weighted by molar-refractivity contribution is -0.122. The highest BCUT2D eigenvalue weighted by Gasteiger charge is 2.23. The summed E-state index contributed by atoms with van der Waals surface area (Å²) in [5.41, 5.74) is 3.38. The molecule has 1 aromatic carbocycles. The van der Waals surface area contributed by atoms with Gasteiger partial charge in [-0.1, -0.05) is 18.5 Å². The van der Waals surface area contributed by atoms with Crippen LogP contribution in [0.3, 0.4) is 0 Å². The molecule has 0 aliphatic carbocycles. The van der Waals surface area contributed by atoms with E-state index in [1.165, 1.54) is 19.1 Å². The van der Waals surface area contributed by atoms with Crippen LogP contribution in [0.25, 0.3) is 0 Å². The van der Waals surface area contributed by atoms with E-state index in [-0.39, 0.29) is 41.4 Å². The molecule has 5 nitrogen and oxygen atoms in total. The lowest BCUT2D eigenvalue weighted by Crippen LogP contribution is -2.32. The van der Waals surface area contributed by atoms with Crippen LogP contribution >= 0.6 is 11.6 Å². The van der Waals surface area contributed by atoms with Crippen LogP contribution in [0.1, 0.15) is 25.8 Å². The zero-order valence-corrected chi connectivity index (χ0v) is 12.3. The minimum absolute atomic E-state index is 0.0538. The van der Waals surface area contributed by atoms with Gasteiger partial charge in [-0.15, -0.1) is 0 Å². The van der Waals surface area contributed by atoms with Gasteiger partial charge in [-0.2, -0.15) is 5.10 Å². The molecule has 0 fully saturated rings. The van der Waals surface area contributed by atoms with Crippen LogP contribution in [-0.2, 0) is 9.59 Å². The molecule has 1 amide bonds. The van der Waals surface area contributed by atoms with Crippen molar-refractivity contribution in [1.82, 2.24) is 5.43 Å². The third-order valence-electron chi connectivity index (χ3n) is 2.97. The highest BCUT2D eigenvalue weighted by Crippen LogP contribution is 2.31. The van der Waals surface area contributed by atoms with Crippen molar-refractivity contribution in [2.24, 2.45) is 11.0 Å². The first kappa shape index (κ1) is 15.4. The molecule has 7 heteroatoms. The van der Waals surface area contributed by atoms with Crippen LogP contribution in [-0.4, -0.2) is 24.0 Å². The van der Waals surface area contributed by atoms with Crippen molar-refractivity contribution in [2.75, 3.05) is 6.61 Å². The highest BCUT2D eigenvalue weighted by atomic mass is 35.5. The molecule has 1 aliphatic heterocycles. The first-order valence-electron chi connectivity index (χ1n) is 6.36. The van der Waals surface area contributed by atoms with Crippen LogP contribution in [0, 0.1) is 11.7 Å². The van der Waals surface area contributed by atoms with Crippen LogP contribution in [0.15, 0.2) is 17.2 Å². The SMILES string of the molecule is CC(=O)COc1c(F)cc(C2=NNC(=O)CC2C)cc1Cl. The van der Waals surface area contributed by atoms with Crippen LogP contribution in [0.5, 0.6) is 5.75 Å². The Morgan fingerprint density at radius 2 is 2.29 bits per heavy atom. The number of carbonyl (C=O) groups is 2. The maximum absolute atomic E-state index is 14.1. The summed E-state index contributed by atoms with van der Waals surface area (Å²) in [6.45, 7) is 2.91. The second-order valence-corrected chi connectivity index (χ2v) is 5.30. The van der Waals surface area contributed by atoms with Crippen molar-refractivity contribution >= 4 is 29.0 Å². The van der Waals surface area contributed by atoms with Gasteiger partial charge in [0.2, 0.25) is 5.91 Å². The number of carbonyl (C=O) groups excluding carboxylic acids is 2. The quantitative estimate of drug-likeness (QED) is 0.927. The fourth-order valence-electron chi connectivity index (χ4n) is 2.02. The average molecular weight is 313 g/mol. The van der Waals surface area contributed by atoms with Gasteiger partial charge in [-0.3, -0.25) is 9.59 Å². The van der Waals surface area contributed by atoms with E-state index in [1.54, 1.807) is 0 Å². The number of Topliss-reactive ketones (excluding diaryl/α,β-unsaturated/α-hetero) is 1. The van der Waals surface area contributed by atoms with E-state index in [9.17, 15) is 14.0 Å². The summed E-state index contributed by atoms with van der Waals surface area (Å²) in [5, 5.41) is 4.00. The van der Waals surface area contributed by atoms with E-state index in [2.05, 4.69) is 10.5 Å². The van der Waals surface area contributed by atoms with E-state index in [4.69, 9.17) is 16.3 Å². The Morgan fingerprint density at radius 1 is 1.57 bits per heavy atom. The topological polar surface area (TPSA) is 67.8 Å². The van der Waals surface area contributed by atoms with Gasteiger partial charge in [0, 0.05) is 17.9 Å². The molecule has 0 radical (unpaired) electrons. The summed E-state index contributed by atoms with van der Waals surface area (Å²) in [6, 6.07) is 2.74. The Labute approximate surface area is 126 Å². The smallest absolute Gasteiger partial charge is 0.240 e. The first-order chi connectivity index (χ1) is 9.88. The highest BCUT2D eigenvalue weighted by molar-refractivity contribution is 6.32. The number of ketones is 1. The monoisotopic (exact) mass is 312 g/mol. The lowest BCUT2D eigenvalue weighted by atomic mass is 9.94.